The van der Waals surface area contributed by atoms with E-state index in [1.807, 2.05) is 26.8 Å². The van der Waals surface area contributed by atoms with Crippen LogP contribution in [0.5, 0.6) is 0 Å². The van der Waals surface area contributed by atoms with Gasteiger partial charge in [-0.1, -0.05) is 37.1 Å². The number of carbonyl (C=O) groups excluding carboxylic acids is 2. The SMILES string of the molecule is COC(=O)[C@H]1C=CC(C2=C(F)C(C)=C(OC)[C@](C)(C3=C(C)CC(N4CCC4)NC3CN3C(=O)O[C@H]([C@H]4CC(F)=C(F)C(F)[C@H]4C)[C@@H]3C)C2)=C(C)C1C. The number of hydrogen-bond acceptors (Lipinski definition) is 7. The smallest absolute Gasteiger partial charge is 0.410 e. The molecule has 0 bridgehead atoms. The minimum absolute atomic E-state index is 0.0115. The molecule has 0 aromatic heterocycles. The van der Waals surface area contributed by atoms with Crippen LogP contribution in [0.2, 0.25) is 0 Å². The zero-order valence-electron chi connectivity index (χ0n) is 31.7. The Labute approximate surface area is 304 Å². The Morgan fingerprint density at radius 3 is 2.40 bits per heavy atom. The molecule has 0 saturated carbocycles. The molecule has 3 aliphatic heterocycles. The van der Waals surface area contributed by atoms with Crippen molar-refractivity contribution in [2.24, 2.45) is 29.1 Å². The number of ether oxygens (including phenoxy) is 3. The standard InChI is InChI=1S/C40H53F4N3O5/c1-19-15-31(46-13-10-14-46)45-30(18-47-24(6)36(52-39(47)49)27-16-29(41)35(44)34(43)22(27)4)32(19)40(7)17-28(33(42)23(5)37(40)50-8)25-11-12-26(38(48)51-9)21(3)20(25)2/h11-12,21-22,24,26-27,30-31,34,36,45H,10,13-18H2,1-9H3/t21?,22-,24-,26-,27-,30?,31?,34?,36-,40-/m0/s1. The summed E-state index contributed by atoms with van der Waals surface area (Å²) in [6.45, 7) is 15.2. The molecule has 6 rings (SSSR count). The van der Waals surface area contributed by atoms with Crippen molar-refractivity contribution in [2.45, 2.75) is 105 Å². The normalized spacial score (nSPS) is 37.6. The van der Waals surface area contributed by atoms with Gasteiger partial charge in [-0.15, -0.1) is 0 Å². The maximum atomic E-state index is 16.6. The molecule has 1 N–H and O–H groups in total. The minimum atomic E-state index is -2.10. The first kappa shape index (κ1) is 38.3. The van der Waals surface area contributed by atoms with Gasteiger partial charge in [-0.3, -0.25) is 19.9 Å². The number of allylic oxidation sites excluding steroid dienone is 9. The second-order valence-corrected chi connectivity index (χ2v) is 15.9. The van der Waals surface area contributed by atoms with Gasteiger partial charge in [0, 0.05) is 49.5 Å². The van der Waals surface area contributed by atoms with Crippen molar-refractivity contribution in [3.63, 3.8) is 0 Å². The van der Waals surface area contributed by atoms with Crippen LogP contribution in [0.3, 0.4) is 0 Å². The maximum absolute atomic E-state index is 16.6. The van der Waals surface area contributed by atoms with E-state index < -0.39 is 65.3 Å². The van der Waals surface area contributed by atoms with Crippen LogP contribution in [0.25, 0.3) is 0 Å². The zero-order valence-corrected chi connectivity index (χ0v) is 31.7. The number of cyclic esters (lactones) is 1. The molecule has 8 nitrogen and oxygen atoms in total. The van der Waals surface area contributed by atoms with E-state index in [9.17, 15) is 22.8 Å². The van der Waals surface area contributed by atoms with Crippen molar-refractivity contribution in [3.8, 4) is 0 Å². The fourth-order valence-corrected chi connectivity index (χ4v) is 9.80. The van der Waals surface area contributed by atoms with Gasteiger partial charge in [-0.05, 0) is 76.5 Å². The lowest BCUT2D eigenvalue weighted by Crippen LogP contribution is -2.61. The Hall–Kier alpha value is -3.38. The number of hydrogen-bond donors (Lipinski definition) is 1. The van der Waals surface area contributed by atoms with Crippen LogP contribution in [0.15, 0.2) is 68.8 Å². The third-order valence-corrected chi connectivity index (χ3v) is 13.0. The van der Waals surface area contributed by atoms with Crippen molar-refractivity contribution < 1.29 is 41.4 Å². The predicted molar refractivity (Wildman–Crippen MR) is 189 cm³/mol. The molecule has 0 spiro atoms. The van der Waals surface area contributed by atoms with Crippen LogP contribution < -0.4 is 5.32 Å². The average Bonchev–Trinajstić information content (AvgIpc) is 3.35. The monoisotopic (exact) mass is 731 g/mol. The molecule has 6 aliphatic rings. The Kier molecular flexibility index (Phi) is 10.7. The Balaban J connectivity index is 1.37. The molecule has 10 atom stereocenters. The van der Waals surface area contributed by atoms with E-state index >= 15 is 4.39 Å². The summed E-state index contributed by atoms with van der Waals surface area (Å²) in [7, 11) is 2.92. The van der Waals surface area contributed by atoms with Crippen LogP contribution in [-0.4, -0.2) is 86.2 Å². The summed E-state index contributed by atoms with van der Waals surface area (Å²) in [5.74, 6) is -5.00. The van der Waals surface area contributed by atoms with Gasteiger partial charge in [0.2, 0.25) is 0 Å². The quantitative estimate of drug-likeness (QED) is 0.154. The number of halogens is 4. The van der Waals surface area contributed by atoms with Gasteiger partial charge < -0.3 is 14.2 Å². The molecule has 0 aromatic rings. The first-order valence-electron chi connectivity index (χ1n) is 18.5. The molecule has 3 heterocycles. The number of nitrogens with one attached hydrogen (secondary N) is 1. The Morgan fingerprint density at radius 1 is 1.10 bits per heavy atom. The summed E-state index contributed by atoms with van der Waals surface area (Å²) >= 11 is 0. The predicted octanol–water partition coefficient (Wildman–Crippen LogP) is 7.92. The largest absolute Gasteiger partial charge is 0.500 e. The number of methoxy groups -OCH3 is 2. The summed E-state index contributed by atoms with van der Waals surface area (Å²) in [5, 5.41) is 3.83. The molecule has 2 fully saturated rings. The van der Waals surface area contributed by atoms with E-state index in [-0.39, 0.29) is 43.3 Å². The summed E-state index contributed by atoms with van der Waals surface area (Å²) in [6.07, 6.45) is 1.84. The summed E-state index contributed by atoms with van der Waals surface area (Å²) in [6, 6.07) is -0.964. The summed E-state index contributed by atoms with van der Waals surface area (Å²) in [5.41, 5.74) is 3.79. The van der Waals surface area contributed by atoms with E-state index in [0.717, 1.165) is 48.2 Å². The van der Waals surface area contributed by atoms with Gasteiger partial charge in [-0.25, -0.2) is 22.4 Å². The van der Waals surface area contributed by atoms with E-state index in [1.54, 1.807) is 25.0 Å². The molecule has 4 unspecified atom stereocenters. The molecule has 0 aromatic carbocycles. The number of amides is 1. The Morgan fingerprint density at radius 2 is 1.79 bits per heavy atom. The second-order valence-electron chi connectivity index (χ2n) is 15.9. The first-order chi connectivity index (χ1) is 24.5. The van der Waals surface area contributed by atoms with Crippen molar-refractivity contribution in [3.05, 3.63) is 68.8 Å². The molecule has 0 radical (unpaired) electrons. The van der Waals surface area contributed by atoms with Crippen molar-refractivity contribution in [2.75, 3.05) is 33.9 Å². The number of alkyl halides is 1. The topological polar surface area (TPSA) is 80.3 Å². The second kappa shape index (κ2) is 14.5. The summed E-state index contributed by atoms with van der Waals surface area (Å²) < 4.78 is 77.0. The van der Waals surface area contributed by atoms with E-state index in [4.69, 9.17) is 14.2 Å². The number of nitrogens with zero attached hydrogens (tertiary/aromatic N) is 2. The lowest BCUT2D eigenvalue weighted by atomic mass is 9.64. The van der Waals surface area contributed by atoms with E-state index in [0.29, 0.717) is 16.9 Å². The molecular weight excluding hydrogens is 678 g/mol. The van der Waals surface area contributed by atoms with Crippen LogP contribution >= 0.6 is 0 Å². The summed E-state index contributed by atoms with van der Waals surface area (Å²) in [4.78, 5) is 30.2. The molecule has 52 heavy (non-hydrogen) atoms. The highest BCUT2D eigenvalue weighted by Crippen LogP contribution is 2.55. The lowest BCUT2D eigenvalue weighted by molar-refractivity contribution is -0.144. The molecule has 286 valence electrons. The van der Waals surface area contributed by atoms with E-state index in [1.165, 1.54) is 14.0 Å². The molecule has 12 heteroatoms. The van der Waals surface area contributed by atoms with Crippen LogP contribution in [0, 0.1) is 29.1 Å². The van der Waals surface area contributed by atoms with Gasteiger partial charge in [0.15, 0.2) is 12.0 Å². The average molecular weight is 732 g/mol. The third-order valence-electron chi connectivity index (χ3n) is 13.0. The maximum Gasteiger partial charge on any atom is 0.410 e. The van der Waals surface area contributed by atoms with Gasteiger partial charge >= 0.3 is 12.1 Å². The van der Waals surface area contributed by atoms with E-state index in [2.05, 4.69) is 24.1 Å². The number of esters is 1. The van der Waals surface area contributed by atoms with Gasteiger partial charge in [0.25, 0.3) is 0 Å². The fraction of sp³-hybridized carbons (Fsp3) is 0.650. The first-order valence-corrected chi connectivity index (χ1v) is 18.5. The lowest BCUT2D eigenvalue weighted by Gasteiger charge is -2.50. The highest BCUT2D eigenvalue weighted by atomic mass is 19.2. The van der Waals surface area contributed by atoms with Crippen molar-refractivity contribution >= 4 is 12.1 Å². The van der Waals surface area contributed by atoms with Gasteiger partial charge in [0.1, 0.15) is 23.5 Å². The number of likely N-dealkylation sites (tertiary alicyclic amines) is 1. The molecule has 1 amide bonds. The fourth-order valence-electron chi connectivity index (χ4n) is 9.80. The molecule has 2 saturated heterocycles. The third kappa shape index (κ3) is 6.25. The van der Waals surface area contributed by atoms with Crippen LogP contribution in [0.4, 0.5) is 22.4 Å². The van der Waals surface area contributed by atoms with Crippen LogP contribution in [0.1, 0.15) is 74.1 Å². The Bertz CT molecular complexity index is 1690. The van der Waals surface area contributed by atoms with Gasteiger partial charge in [-0.2, -0.15) is 0 Å². The zero-order chi connectivity index (χ0) is 38.0. The van der Waals surface area contributed by atoms with Crippen molar-refractivity contribution in [1.29, 1.82) is 0 Å². The number of carbonyl (C=O) groups is 2. The highest BCUT2D eigenvalue weighted by molar-refractivity contribution is 5.76. The van der Waals surface area contributed by atoms with Gasteiger partial charge in [0.05, 0.1) is 37.8 Å². The van der Waals surface area contributed by atoms with Crippen LogP contribution in [-0.2, 0) is 19.0 Å². The molecule has 3 aliphatic carbocycles. The minimum Gasteiger partial charge on any atom is -0.500 e. The van der Waals surface area contributed by atoms with Crippen molar-refractivity contribution in [1.82, 2.24) is 15.1 Å². The highest BCUT2D eigenvalue weighted by Gasteiger charge is 2.53. The molecular formula is C40H53F4N3O5. The number of rotatable bonds is 8.